The van der Waals surface area contributed by atoms with E-state index in [9.17, 15) is 9.18 Å². The number of carbonyl (C=O) groups is 1. The molecular formula is C12H15FO3. The molecule has 1 N–H and O–H groups in total. The highest BCUT2D eigenvalue weighted by Gasteiger charge is 2.19. The van der Waals surface area contributed by atoms with Gasteiger partial charge in [-0.15, -0.1) is 0 Å². The van der Waals surface area contributed by atoms with Crippen LogP contribution in [0.1, 0.15) is 31.9 Å². The first kappa shape index (κ1) is 12.5. The summed E-state index contributed by atoms with van der Waals surface area (Å²) >= 11 is 0. The van der Waals surface area contributed by atoms with Gasteiger partial charge in [-0.05, 0) is 28.7 Å². The number of hydrogen-bond acceptors (Lipinski definition) is 2. The SMILES string of the molecule is CC(C)(C)c1cc(F)ccc1COC(=O)O. The van der Waals surface area contributed by atoms with Crippen LogP contribution in [0.2, 0.25) is 0 Å². The summed E-state index contributed by atoms with van der Waals surface area (Å²) in [6, 6.07) is 4.27. The third-order valence-corrected chi connectivity index (χ3v) is 2.23. The van der Waals surface area contributed by atoms with E-state index >= 15 is 0 Å². The molecule has 0 unspecified atom stereocenters. The molecule has 88 valence electrons. The fraction of sp³-hybridized carbons (Fsp3) is 0.417. The summed E-state index contributed by atoms with van der Waals surface area (Å²) < 4.78 is 17.6. The highest BCUT2D eigenvalue weighted by Crippen LogP contribution is 2.27. The molecule has 1 rings (SSSR count). The Bertz CT molecular complexity index is 394. The van der Waals surface area contributed by atoms with Crippen LogP contribution < -0.4 is 0 Å². The van der Waals surface area contributed by atoms with Crippen LogP contribution in [0.15, 0.2) is 18.2 Å². The van der Waals surface area contributed by atoms with Crippen LogP contribution in [0.4, 0.5) is 9.18 Å². The van der Waals surface area contributed by atoms with Crippen molar-refractivity contribution in [1.29, 1.82) is 0 Å². The molecule has 0 atom stereocenters. The van der Waals surface area contributed by atoms with E-state index in [0.29, 0.717) is 5.56 Å². The summed E-state index contributed by atoms with van der Waals surface area (Å²) in [4.78, 5) is 10.3. The maximum absolute atomic E-state index is 13.1. The molecule has 0 amide bonds. The molecule has 0 aromatic heterocycles. The molecule has 1 aromatic carbocycles. The summed E-state index contributed by atoms with van der Waals surface area (Å²) in [7, 11) is 0. The van der Waals surface area contributed by atoms with Crippen LogP contribution in [0.25, 0.3) is 0 Å². The second-order valence-electron chi connectivity index (χ2n) is 4.61. The van der Waals surface area contributed by atoms with Crippen LogP contribution in [0.3, 0.4) is 0 Å². The summed E-state index contributed by atoms with van der Waals surface area (Å²) in [5.74, 6) is -0.330. The van der Waals surface area contributed by atoms with Crippen molar-refractivity contribution < 1.29 is 19.0 Å². The second kappa shape index (κ2) is 4.51. The minimum atomic E-state index is -1.33. The maximum atomic E-state index is 13.1. The average molecular weight is 226 g/mol. The van der Waals surface area contributed by atoms with Gasteiger partial charge in [0.15, 0.2) is 0 Å². The Balaban J connectivity index is 3.03. The van der Waals surface area contributed by atoms with Crippen molar-refractivity contribution in [3.8, 4) is 0 Å². The Morgan fingerprint density at radius 3 is 2.56 bits per heavy atom. The van der Waals surface area contributed by atoms with Gasteiger partial charge in [-0.3, -0.25) is 0 Å². The predicted molar refractivity (Wildman–Crippen MR) is 57.9 cm³/mol. The van der Waals surface area contributed by atoms with Gasteiger partial charge in [0.1, 0.15) is 12.4 Å². The van der Waals surface area contributed by atoms with E-state index in [1.165, 1.54) is 12.1 Å². The van der Waals surface area contributed by atoms with Gasteiger partial charge in [0.25, 0.3) is 0 Å². The van der Waals surface area contributed by atoms with Gasteiger partial charge in [-0.25, -0.2) is 9.18 Å². The van der Waals surface area contributed by atoms with E-state index in [1.54, 1.807) is 6.07 Å². The smallest absolute Gasteiger partial charge is 0.450 e. The lowest BCUT2D eigenvalue weighted by Crippen LogP contribution is -2.16. The van der Waals surface area contributed by atoms with Crippen LogP contribution >= 0.6 is 0 Å². The lowest BCUT2D eigenvalue weighted by molar-refractivity contribution is 0.0849. The Morgan fingerprint density at radius 1 is 1.44 bits per heavy atom. The standard InChI is InChI=1S/C12H15FO3/c1-12(2,3)10-6-9(13)5-4-8(10)7-16-11(14)15/h4-6H,7H2,1-3H3,(H,14,15). The van der Waals surface area contributed by atoms with Crippen molar-refractivity contribution in [2.45, 2.75) is 32.8 Å². The molecule has 3 nitrogen and oxygen atoms in total. The largest absolute Gasteiger partial charge is 0.506 e. The van der Waals surface area contributed by atoms with Crippen molar-refractivity contribution >= 4 is 6.16 Å². The zero-order valence-electron chi connectivity index (χ0n) is 9.58. The number of halogens is 1. The molecule has 0 saturated carbocycles. The van der Waals surface area contributed by atoms with Gasteiger partial charge in [-0.1, -0.05) is 26.8 Å². The molecule has 0 aliphatic carbocycles. The van der Waals surface area contributed by atoms with Crippen molar-refractivity contribution in [3.05, 3.63) is 35.1 Å². The average Bonchev–Trinajstić information content (AvgIpc) is 2.14. The van der Waals surface area contributed by atoms with Gasteiger partial charge >= 0.3 is 6.16 Å². The molecule has 0 heterocycles. The minimum Gasteiger partial charge on any atom is -0.450 e. The van der Waals surface area contributed by atoms with Gasteiger partial charge in [-0.2, -0.15) is 0 Å². The van der Waals surface area contributed by atoms with E-state index in [2.05, 4.69) is 4.74 Å². The monoisotopic (exact) mass is 226 g/mol. The van der Waals surface area contributed by atoms with Crippen molar-refractivity contribution in [1.82, 2.24) is 0 Å². The molecule has 0 radical (unpaired) electrons. The second-order valence-corrected chi connectivity index (χ2v) is 4.61. The highest BCUT2D eigenvalue weighted by molar-refractivity contribution is 5.57. The summed E-state index contributed by atoms with van der Waals surface area (Å²) in [6.07, 6.45) is -1.33. The number of benzene rings is 1. The quantitative estimate of drug-likeness (QED) is 0.787. The van der Waals surface area contributed by atoms with Crippen molar-refractivity contribution in [3.63, 3.8) is 0 Å². The number of ether oxygens (including phenoxy) is 1. The Labute approximate surface area is 93.9 Å². The molecule has 4 heteroatoms. The van der Waals surface area contributed by atoms with E-state index in [0.717, 1.165) is 5.56 Å². The first-order valence-corrected chi connectivity index (χ1v) is 4.95. The highest BCUT2D eigenvalue weighted by atomic mass is 19.1. The lowest BCUT2D eigenvalue weighted by atomic mass is 9.84. The molecule has 0 spiro atoms. The number of carboxylic acid groups (broad SMARTS) is 1. The molecule has 0 fully saturated rings. The van der Waals surface area contributed by atoms with Crippen molar-refractivity contribution in [2.75, 3.05) is 0 Å². The Morgan fingerprint density at radius 2 is 2.06 bits per heavy atom. The van der Waals surface area contributed by atoms with Gasteiger partial charge in [0.05, 0.1) is 0 Å². The summed E-state index contributed by atoms with van der Waals surface area (Å²) in [5, 5.41) is 8.43. The normalized spacial score (nSPS) is 11.2. The van der Waals surface area contributed by atoms with E-state index in [-0.39, 0.29) is 17.8 Å². The fourth-order valence-corrected chi connectivity index (χ4v) is 1.51. The van der Waals surface area contributed by atoms with E-state index in [4.69, 9.17) is 5.11 Å². The molecular weight excluding hydrogens is 211 g/mol. The van der Waals surface area contributed by atoms with Crippen LogP contribution in [0, 0.1) is 5.82 Å². The van der Waals surface area contributed by atoms with E-state index in [1.807, 2.05) is 20.8 Å². The zero-order valence-corrected chi connectivity index (χ0v) is 9.58. The van der Waals surface area contributed by atoms with Gasteiger partial charge in [0.2, 0.25) is 0 Å². The molecule has 0 saturated heterocycles. The molecule has 16 heavy (non-hydrogen) atoms. The predicted octanol–water partition coefficient (Wildman–Crippen LogP) is 3.32. The number of rotatable bonds is 2. The molecule has 0 bridgehead atoms. The van der Waals surface area contributed by atoms with E-state index < -0.39 is 6.16 Å². The lowest BCUT2D eigenvalue weighted by Gasteiger charge is -2.22. The number of hydrogen-bond donors (Lipinski definition) is 1. The third-order valence-electron chi connectivity index (χ3n) is 2.23. The summed E-state index contributed by atoms with van der Waals surface area (Å²) in [6.45, 7) is 5.76. The Hall–Kier alpha value is -1.58. The Kier molecular flexibility index (Phi) is 3.52. The van der Waals surface area contributed by atoms with Crippen molar-refractivity contribution in [2.24, 2.45) is 0 Å². The first-order valence-electron chi connectivity index (χ1n) is 4.95. The van der Waals surface area contributed by atoms with Gasteiger partial charge < -0.3 is 9.84 Å². The van der Waals surface area contributed by atoms with Crippen LogP contribution in [-0.2, 0) is 16.8 Å². The minimum absolute atomic E-state index is 0.0534. The van der Waals surface area contributed by atoms with Gasteiger partial charge in [0, 0.05) is 0 Å². The van der Waals surface area contributed by atoms with Crippen LogP contribution in [0.5, 0.6) is 0 Å². The summed E-state index contributed by atoms with van der Waals surface area (Å²) in [5.41, 5.74) is 1.20. The molecule has 0 aliphatic rings. The fourth-order valence-electron chi connectivity index (χ4n) is 1.51. The molecule has 0 aliphatic heterocycles. The topological polar surface area (TPSA) is 46.5 Å². The third kappa shape index (κ3) is 3.22. The zero-order chi connectivity index (χ0) is 12.3. The maximum Gasteiger partial charge on any atom is 0.506 e. The first-order chi connectivity index (χ1) is 7.30. The van der Waals surface area contributed by atoms with Crippen LogP contribution in [-0.4, -0.2) is 11.3 Å². The molecule has 1 aromatic rings.